The number of rotatable bonds is 4. The third kappa shape index (κ3) is 3.23. The predicted molar refractivity (Wildman–Crippen MR) is 89.4 cm³/mol. The van der Waals surface area contributed by atoms with Crippen LogP contribution in [-0.2, 0) is 0 Å². The molecule has 2 aromatic carbocycles. The van der Waals surface area contributed by atoms with Crippen molar-refractivity contribution in [1.82, 2.24) is 5.32 Å². The van der Waals surface area contributed by atoms with Crippen LogP contribution in [0, 0.1) is 5.92 Å². The van der Waals surface area contributed by atoms with Crippen molar-refractivity contribution in [2.24, 2.45) is 5.92 Å². The summed E-state index contributed by atoms with van der Waals surface area (Å²) in [5.74, 6) is 0.740. The lowest BCUT2D eigenvalue weighted by Gasteiger charge is -2.10. The van der Waals surface area contributed by atoms with E-state index in [9.17, 15) is 4.79 Å². The first-order valence-corrected chi connectivity index (χ1v) is 8.46. The molecule has 104 valence electrons. The molecule has 1 N–H and O–H groups in total. The smallest absolute Gasteiger partial charge is 0.251 e. The molecule has 1 unspecified atom stereocenters. The second kappa shape index (κ2) is 5.86. The number of amides is 1. The summed E-state index contributed by atoms with van der Waals surface area (Å²) in [5.41, 5.74) is 0.718. The molecule has 0 heterocycles. The first-order chi connectivity index (χ1) is 9.63. The van der Waals surface area contributed by atoms with Gasteiger partial charge in [-0.15, -0.1) is 0 Å². The molecule has 4 heteroatoms. The summed E-state index contributed by atoms with van der Waals surface area (Å²) in [6.07, 6.45) is 2.55. The molecular formula is C16H15Br2NO. The third-order valence-corrected chi connectivity index (χ3v) is 5.22. The third-order valence-electron chi connectivity index (χ3n) is 3.66. The van der Waals surface area contributed by atoms with Gasteiger partial charge < -0.3 is 5.32 Å². The Balaban J connectivity index is 1.72. The maximum absolute atomic E-state index is 12.2. The van der Waals surface area contributed by atoms with Gasteiger partial charge in [0.2, 0.25) is 0 Å². The highest BCUT2D eigenvalue weighted by molar-refractivity contribution is 9.10. The minimum atomic E-state index is -0.0000752. The van der Waals surface area contributed by atoms with Crippen molar-refractivity contribution in [2.45, 2.75) is 17.7 Å². The van der Waals surface area contributed by atoms with Crippen LogP contribution in [0.4, 0.5) is 0 Å². The zero-order chi connectivity index (χ0) is 14.1. The fourth-order valence-corrected chi connectivity index (χ4v) is 3.34. The van der Waals surface area contributed by atoms with Gasteiger partial charge in [-0.3, -0.25) is 4.79 Å². The van der Waals surface area contributed by atoms with Crippen LogP contribution in [-0.4, -0.2) is 17.3 Å². The van der Waals surface area contributed by atoms with Gasteiger partial charge in [-0.05, 0) is 53.8 Å². The molecule has 0 aliphatic heterocycles. The highest BCUT2D eigenvalue weighted by Crippen LogP contribution is 2.36. The van der Waals surface area contributed by atoms with E-state index in [1.807, 2.05) is 30.3 Å². The minimum Gasteiger partial charge on any atom is -0.351 e. The fraction of sp³-hybridized carbons (Fsp3) is 0.312. The number of carbonyl (C=O) groups is 1. The van der Waals surface area contributed by atoms with Gasteiger partial charge in [0.1, 0.15) is 0 Å². The summed E-state index contributed by atoms with van der Waals surface area (Å²) < 4.78 is 1.05. The molecule has 1 atom stereocenters. The van der Waals surface area contributed by atoms with E-state index in [1.165, 1.54) is 12.8 Å². The van der Waals surface area contributed by atoms with Crippen molar-refractivity contribution in [3.8, 4) is 0 Å². The van der Waals surface area contributed by atoms with E-state index in [0.717, 1.165) is 26.7 Å². The van der Waals surface area contributed by atoms with Gasteiger partial charge in [-0.25, -0.2) is 0 Å². The standard InChI is InChI=1S/C16H15Br2NO/c17-14-6-5-11-7-13(4-3-12(11)8-14)16(20)19-9-15(18)10-1-2-10/h3-8,10,15H,1-2,9H2,(H,19,20). The second-order valence-corrected chi connectivity index (χ2v) is 7.36. The summed E-state index contributed by atoms with van der Waals surface area (Å²) in [7, 11) is 0. The monoisotopic (exact) mass is 395 g/mol. The Morgan fingerprint density at radius 1 is 1.20 bits per heavy atom. The molecule has 1 aliphatic rings. The van der Waals surface area contributed by atoms with Crippen LogP contribution in [0.2, 0.25) is 0 Å². The summed E-state index contributed by atoms with van der Waals surface area (Å²) in [5, 5.41) is 5.21. The number of fused-ring (bicyclic) bond motifs is 1. The Bertz CT molecular complexity index is 652. The van der Waals surface area contributed by atoms with E-state index < -0.39 is 0 Å². The molecule has 2 nitrogen and oxygen atoms in total. The second-order valence-electron chi connectivity index (χ2n) is 5.27. The van der Waals surface area contributed by atoms with Crippen LogP contribution in [0.1, 0.15) is 23.2 Å². The molecule has 0 saturated heterocycles. The number of carbonyl (C=O) groups excluding carboxylic acids is 1. The Hall–Kier alpha value is -0.870. The van der Waals surface area contributed by atoms with Gasteiger partial charge in [0, 0.05) is 21.4 Å². The highest BCUT2D eigenvalue weighted by atomic mass is 79.9. The molecule has 1 fully saturated rings. The number of nitrogens with one attached hydrogen (secondary N) is 1. The van der Waals surface area contributed by atoms with Crippen molar-refractivity contribution in [2.75, 3.05) is 6.54 Å². The van der Waals surface area contributed by atoms with E-state index >= 15 is 0 Å². The van der Waals surface area contributed by atoms with Crippen molar-refractivity contribution < 1.29 is 4.79 Å². The number of benzene rings is 2. The predicted octanol–water partition coefficient (Wildman–Crippen LogP) is 4.51. The maximum Gasteiger partial charge on any atom is 0.251 e. The SMILES string of the molecule is O=C(NCC(Br)C1CC1)c1ccc2cc(Br)ccc2c1. The molecular weight excluding hydrogens is 382 g/mol. The summed E-state index contributed by atoms with van der Waals surface area (Å²) in [4.78, 5) is 12.6. The Morgan fingerprint density at radius 2 is 1.90 bits per heavy atom. The summed E-state index contributed by atoms with van der Waals surface area (Å²) in [6, 6.07) is 11.9. The molecule has 0 bridgehead atoms. The van der Waals surface area contributed by atoms with Gasteiger partial charge in [-0.2, -0.15) is 0 Å². The zero-order valence-corrected chi connectivity index (χ0v) is 14.1. The van der Waals surface area contributed by atoms with Crippen LogP contribution >= 0.6 is 31.9 Å². The van der Waals surface area contributed by atoms with E-state index in [0.29, 0.717) is 11.4 Å². The van der Waals surface area contributed by atoms with Crippen molar-refractivity contribution >= 4 is 48.5 Å². The van der Waals surface area contributed by atoms with E-state index in [1.54, 1.807) is 0 Å². The van der Waals surface area contributed by atoms with E-state index in [2.05, 4.69) is 43.2 Å². The van der Waals surface area contributed by atoms with Crippen molar-refractivity contribution in [1.29, 1.82) is 0 Å². The molecule has 1 saturated carbocycles. The summed E-state index contributed by atoms with van der Waals surface area (Å²) in [6.45, 7) is 0.696. The number of alkyl halides is 1. The maximum atomic E-state index is 12.2. The van der Waals surface area contributed by atoms with Gasteiger partial charge in [-0.1, -0.05) is 44.0 Å². The molecule has 3 rings (SSSR count). The van der Waals surface area contributed by atoms with Crippen molar-refractivity contribution in [3.63, 3.8) is 0 Å². The Labute approximate surface area is 135 Å². The lowest BCUT2D eigenvalue weighted by atomic mass is 10.1. The first-order valence-electron chi connectivity index (χ1n) is 6.75. The topological polar surface area (TPSA) is 29.1 Å². The van der Waals surface area contributed by atoms with Crippen LogP contribution in [0.25, 0.3) is 10.8 Å². The lowest BCUT2D eigenvalue weighted by Crippen LogP contribution is -2.30. The highest BCUT2D eigenvalue weighted by Gasteiger charge is 2.29. The molecule has 0 radical (unpaired) electrons. The fourth-order valence-electron chi connectivity index (χ4n) is 2.27. The quantitative estimate of drug-likeness (QED) is 0.757. The largest absolute Gasteiger partial charge is 0.351 e. The number of halogens is 2. The molecule has 1 aliphatic carbocycles. The molecule has 0 aromatic heterocycles. The first kappa shape index (κ1) is 14.1. The molecule has 2 aromatic rings. The van der Waals surface area contributed by atoms with Crippen LogP contribution in [0.3, 0.4) is 0 Å². The Kier molecular flexibility index (Phi) is 4.13. The van der Waals surface area contributed by atoms with Gasteiger partial charge in [0.15, 0.2) is 0 Å². The van der Waals surface area contributed by atoms with Crippen LogP contribution in [0.15, 0.2) is 40.9 Å². The zero-order valence-electron chi connectivity index (χ0n) is 10.9. The summed E-state index contributed by atoms with van der Waals surface area (Å²) >= 11 is 7.09. The normalized spacial score (nSPS) is 16.1. The van der Waals surface area contributed by atoms with Crippen molar-refractivity contribution in [3.05, 3.63) is 46.4 Å². The molecule has 1 amide bonds. The van der Waals surface area contributed by atoms with Crippen LogP contribution < -0.4 is 5.32 Å². The number of hydrogen-bond donors (Lipinski definition) is 1. The van der Waals surface area contributed by atoms with Gasteiger partial charge >= 0.3 is 0 Å². The van der Waals surface area contributed by atoms with Gasteiger partial charge in [0.05, 0.1) is 0 Å². The minimum absolute atomic E-state index is 0.0000752. The lowest BCUT2D eigenvalue weighted by molar-refractivity contribution is 0.0953. The van der Waals surface area contributed by atoms with E-state index in [4.69, 9.17) is 0 Å². The molecule has 20 heavy (non-hydrogen) atoms. The van der Waals surface area contributed by atoms with Gasteiger partial charge in [0.25, 0.3) is 5.91 Å². The average Bonchev–Trinajstić information content (AvgIpc) is 3.28. The number of hydrogen-bond acceptors (Lipinski definition) is 1. The van der Waals surface area contributed by atoms with Crippen LogP contribution in [0.5, 0.6) is 0 Å². The average molecular weight is 397 g/mol. The Morgan fingerprint density at radius 3 is 2.65 bits per heavy atom. The van der Waals surface area contributed by atoms with E-state index in [-0.39, 0.29) is 5.91 Å². The molecule has 0 spiro atoms.